The van der Waals surface area contributed by atoms with Crippen LogP contribution in [0.15, 0.2) is 0 Å². The highest BCUT2D eigenvalue weighted by atomic mass is 16.7. The lowest BCUT2D eigenvalue weighted by Gasteiger charge is -2.45. The van der Waals surface area contributed by atoms with E-state index in [-0.39, 0.29) is 0 Å². The molecule has 136 valence electrons. The number of aliphatic hydroxyl groups excluding tert-OH is 7. The van der Waals surface area contributed by atoms with Crippen molar-refractivity contribution in [3.8, 4) is 0 Å². The average Bonchev–Trinajstić information content (AvgIpc) is 2.54. The molecule has 0 radical (unpaired) electrons. The number of nitrogens with two attached hydrogens (primary N) is 1. The summed E-state index contributed by atoms with van der Waals surface area (Å²) in [6.07, 6.45) is -13.0. The highest BCUT2D eigenvalue weighted by Gasteiger charge is 2.49. The van der Waals surface area contributed by atoms with Crippen molar-refractivity contribution in [2.75, 3.05) is 13.2 Å². The van der Waals surface area contributed by atoms with Crippen LogP contribution in [0.4, 0.5) is 0 Å². The Hall–Kier alpha value is -0.440. The standard InChI is InChI=1S/C12H23NO10/c13-5-10(7(17)4(2-15)21-11(5)20)23-12-9(19)8(18)6(16)3(1-14)22-12/h3-12,14-20H,1-2,13H2/t3?,4?,5?,6?,7?,8-,9?,10+,11+,12-/m0/s1. The minimum absolute atomic E-state index is 0.612. The molecular weight excluding hydrogens is 318 g/mol. The van der Waals surface area contributed by atoms with E-state index in [1.165, 1.54) is 0 Å². The maximum atomic E-state index is 10.1. The van der Waals surface area contributed by atoms with Gasteiger partial charge in [0.15, 0.2) is 12.6 Å². The van der Waals surface area contributed by atoms with Crippen LogP contribution in [0, 0.1) is 0 Å². The molecule has 0 saturated carbocycles. The second-order valence-corrected chi connectivity index (χ2v) is 5.61. The summed E-state index contributed by atoms with van der Waals surface area (Å²) in [7, 11) is 0. The summed E-state index contributed by atoms with van der Waals surface area (Å²) in [5.74, 6) is 0. The first-order valence-corrected chi connectivity index (χ1v) is 7.15. The maximum absolute atomic E-state index is 10.1. The van der Waals surface area contributed by atoms with Gasteiger partial charge in [0.25, 0.3) is 0 Å². The van der Waals surface area contributed by atoms with Crippen molar-refractivity contribution < 1.29 is 50.0 Å². The van der Waals surface area contributed by atoms with E-state index in [9.17, 15) is 25.5 Å². The Kier molecular flexibility index (Phi) is 6.27. The lowest BCUT2D eigenvalue weighted by Crippen LogP contribution is -2.66. The second kappa shape index (κ2) is 7.63. The van der Waals surface area contributed by atoms with Crippen molar-refractivity contribution in [1.82, 2.24) is 0 Å². The zero-order chi connectivity index (χ0) is 17.3. The number of aliphatic hydroxyl groups is 7. The Morgan fingerprint density at radius 2 is 1.35 bits per heavy atom. The summed E-state index contributed by atoms with van der Waals surface area (Å²) in [4.78, 5) is 0. The van der Waals surface area contributed by atoms with Crippen LogP contribution in [-0.4, -0.2) is 110 Å². The van der Waals surface area contributed by atoms with Crippen LogP contribution in [0.5, 0.6) is 0 Å². The van der Waals surface area contributed by atoms with Gasteiger partial charge in [-0.1, -0.05) is 0 Å². The monoisotopic (exact) mass is 341 g/mol. The van der Waals surface area contributed by atoms with E-state index in [0.29, 0.717) is 0 Å². The summed E-state index contributed by atoms with van der Waals surface area (Å²) in [5, 5.41) is 67.3. The first-order chi connectivity index (χ1) is 10.8. The number of hydrogen-bond donors (Lipinski definition) is 8. The van der Waals surface area contributed by atoms with Crippen molar-refractivity contribution >= 4 is 0 Å². The van der Waals surface area contributed by atoms with Crippen molar-refractivity contribution in [2.24, 2.45) is 5.73 Å². The molecule has 6 unspecified atom stereocenters. The largest absolute Gasteiger partial charge is 0.394 e. The predicted octanol–water partition coefficient (Wildman–Crippen LogP) is -5.43. The minimum atomic E-state index is -1.68. The van der Waals surface area contributed by atoms with Gasteiger partial charge in [-0.2, -0.15) is 0 Å². The summed E-state index contributed by atoms with van der Waals surface area (Å²) < 4.78 is 15.4. The SMILES string of the molecule is NC1[C@@H](O[C@@H]2OC(CO)C(O)[C@H](O)C2O)C(O)C(CO)O[C@H]1O. The summed E-state index contributed by atoms with van der Waals surface area (Å²) in [6.45, 7) is -1.26. The molecule has 0 aromatic heterocycles. The molecule has 2 aliphatic rings. The van der Waals surface area contributed by atoms with Gasteiger partial charge in [-0.3, -0.25) is 0 Å². The molecule has 11 heteroatoms. The smallest absolute Gasteiger partial charge is 0.187 e. The molecule has 0 amide bonds. The fourth-order valence-corrected chi connectivity index (χ4v) is 2.61. The van der Waals surface area contributed by atoms with Gasteiger partial charge >= 0.3 is 0 Å². The zero-order valence-electron chi connectivity index (χ0n) is 12.1. The fourth-order valence-electron chi connectivity index (χ4n) is 2.61. The second-order valence-electron chi connectivity index (χ2n) is 5.61. The van der Waals surface area contributed by atoms with Crippen LogP contribution in [0.25, 0.3) is 0 Å². The number of ether oxygens (including phenoxy) is 3. The lowest BCUT2D eigenvalue weighted by atomic mass is 9.96. The molecule has 2 saturated heterocycles. The summed E-state index contributed by atoms with van der Waals surface area (Å²) in [5.41, 5.74) is 5.68. The van der Waals surface area contributed by atoms with E-state index >= 15 is 0 Å². The molecule has 0 spiro atoms. The van der Waals surface area contributed by atoms with Crippen molar-refractivity contribution in [1.29, 1.82) is 0 Å². The Morgan fingerprint density at radius 1 is 0.783 bits per heavy atom. The van der Waals surface area contributed by atoms with E-state index in [1.54, 1.807) is 0 Å². The molecule has 0 aliphatic carbocycles. The number of hydrogen-bond acceptors (Lipinski definition) is 11. The van der Waals surface area contributed by atoms with Crippen LogP contribution in [0.3, 0.4) is 0 Å². The lowest BCUT2D eigenvalue weighted by molar-refractivity contribution is -0.340. The maximum Gasteiger partial charge on any atom is 0.187 e. The molecular formula is C12H23NO10. The van der Waals surface area contributed by atoms with E-state index in [4.69, 9.17) is 30.2 Å². The molecule has 2 rings (SSSR count). The van der Waals surface area contributed by atoms with Gasteiger partial charge in [0.2, 0.25) is 0 Å². The first kappa shape index (κ1) is 18.9. The van der Waals surface area contributed by atoms with Crippen molar-refractivity contribution in [3.05, 3.63) is 0 Å². The molecule has 0 aromatic carbocycles. The van der Waals surface area contributed by atoms with E-state index in [1.807, 2.05) is 0 Å². The molecule has 11 nitrogen and oxygen atoms in total. The van der Waals surface area contributed by atoms with Crippen molar-refractivity contribution in [3.63, 3.8) is 0 Å². The topological polar surface area (TPSA) is 195 Å². The zero-order valence-corrected chi connectivity index (χ0v) is 12.1. The third-order valence-corrected chi connectivity index (χ3v) is 4.06. The van der Waals surface area contributed by atoms with Gasteiger partial charge in [0, 0.05) is 0 Å². The Morgan fingerprint density at radius 3 is 1.91 bits per heavy atom. The first-order valence-electron chi connectivity index (χ1n) is 7.15. The van der Waals surface area contributed by atoms with E-state index in [2.05, 4.69) is 0 Å². The van der Waals surface area contributed by atoms with Crippen LogP contribution >= 0.6 is 0 Å². The Labute approximate surface area is 131 Å². The molecule has 9 N–H and O–H groups in total. The molecule has 10 atom stereocenters. The summed E-state index contributed by atoms with van der Waals surface area (Å²) in [6, 6.07) is -1.22. The molecule has 2 aliphatic heterocycles. The quantitative estimate of drug-likeness (QED) is 0.243. The predicted molar refractivity (Wildman–Crippen MR) is 70.6 cm³/mol. The average molecular weight is 341 g/mol. The van der Waals surface area contributed by atoms with E-state index < -0.39 is 74.6 Å². The highest BCUT2D eigenvalue weighted by molar-refractivity contribution is 4.95. The molecule has 2 heterocycles. The van der Waals surface area contributed by atoms with Crippen LogP contribution in [0.1, 0.15) is 0 Å². The summed E-state index contributed by atoms with van der Waals surface area (Å²) >= 11 is 0. The highest BCUT2D eigenvalue weighted by Crippen LogP contribution is 2.27. The normalized spacial score (nSPS) is 51.7. The Balaban J connectivity index is 2.11. The van der Waals surface area contributed by atoms with Crippen LogP contribution in [0.2, 0.25) is 0 Å². The molecule has 0 aromatic rings. The molecule has 23 heavy (non-hydrogen) atoms. The van der Waals surface area contributed by atoms with Gasteiger partial charge in [0.1, 0.15) is 42.7 Å². The number of rotatable bonds is 4. The van der Waals surface area contributed by atoms with Gasteiger partial charge in [-0.05, 0) is 0 Å². The van der Waals surface area contributed by atoms with Crippen molar-refractivity contribution in [2.45, 2.75) is 61.3 Å². The van der Waals surface area contributed by atoms with Gasteiger partial charge in [-0.15, -0.1) is 0 Å². The third-order valence-electron chi connectivity index (χ3n) is 4.06. The van der Waals surface area contributed by atoms with Crippen LogP contribution in [-0.2, 0) is 14.2 Å². The van der Waals surface area contributed by atoms with Gasteiger partial charge in [0.05, 0.1) is 19.3 Å². The minimum Gasteiger partial charge on any atom is -0.394 e. The van der Waals surface area contributed by atoms with E-state index in [0.717, 1.165) is 0 Å². The van der Waals surface area contributed by atoms with Gasteiger partial charge in [-0.25, -0.2) is 0 Å². The third kappa shape index (κ3) is 3.65. The van der Waals surface area contributed by atoms with Gasteiger partial charge < -0.3 is 55.7 Å². The van der Waals surface area contributed by atoms with Crippen LogP contribution < -0.4 is 5.73 Å². The molecule has 2 fully saturated rings. The Bertz CT molecular complexity index is 385. The molecule has 0 bridgehead atoms. The fraction of sp³-hybridized carbons (Fsp3) is 1.00.